The SMILES string of the molecule is CN(Cc1ccc(Cl)cc1)C(=O)c1ccc(CN)o1. The van der Waals surface area contributed by atoms with E-state index < -0.39 is 0 Å². The number of amides is 1. The largest absolute Gasteiger partial charge is 0.455 e. The van der Waals surface area contributed by atoms with Crippen molar-refractivity contribution < 1.29 is 9.21 Å². The van der Waals surface area contributed by atoms with Crippen LogP contribution in [0.3, 0.4) is 0 Å². The van der Waals surface area contributed by atoms with Crippen LogP contribution >= 0.6 is 11.6 Å². The minimum absolute atomic E-state index is 0.172. The first-order chi connectivity index (χ1) is 9.10. The molecule has 1 aromatic heterocycles. The smallest absolute Gasteiger partial charge is 0.289 e. The third kappa shape index (κ3) is 3.36. The number of hydrogen-bond donors (Lipinski definition) is 1. The summed E-state index contributed by atoms with van der Waals surface area (Å²) < 4.78 is 5.34. The van der Waals surface area contributed by atoms with Crippen LogP contribution in [0.2, 0.25) is 5.02 Å². The Hall–Kier alpha value is -1.78. The van der Waals surface area contributed by atoms with Gasteiger partial charge >= 0.3 is 0 Å². The fourth-order valence-electron chi connectivity index (χ4n) is 1.73. The van der Waals surface area contributed by atoms with Crippen molar-refractivity contribution in [2.45, 2.75) is 13.1 Å². The van der Waals surface area contributed by atoms with Crippen molar-refractivity contribution in [2.75, 3.05) is 7.05 Å². The van der Waals surface area contributed by atoms with Gasteiger partial charge in [0, 0.05) is 18.6 Å². The lowest BCUT2D eigenvalue weighted by Gasteiger charge is -2.15. The van der Waals surface area contributed by atoms with Crippen LogP contribution in [0, 0.1) is 0 Å². The van der Waals surface area contributed by atoms with Gasteiger partial charge in [-0.3, -0.25) is 4.79 Å². The predicted molar refractivity (Wildman–Crippen MR) is 73.8 cm³/mol. The van der Waals surface area contributed by atoms with Crippen molar-refractivity contribution in [1.29, 1.82) is 0 Å². The molecule has 0 atom stereocenters. The van der Waals surface area contributed by atoms with Gasteiger partial charge in [0.15, 0.2) is 5.76 Å². The average molecular weight is 279 g/mol. The van der Waals surface area contributed by atoms with Crippen LogP contribution in [0.5, 0.6) is 0 Å². The first-order valence-electron chi connectivity index (χ1n) is 5.89. The number of nitrogens with zero attached hydrogens (tertiary/aromatic N) is 1. The molecule has 0 bridgehead atoms. The van der Waals surface area contributed by atoms with Gasteiger partial charge in [-0.2, -0.15) is 0 Å². The first kappa shape index (κ1) is 13.6. The molecule has 1 amide bonds. The summed E-state index contributed by atoms with van der Waals surface area (Å²) in [6.07, 6.45) is 0. The number of halogens is 1. The number of carbonyl (C=O) groups is 1. The molecule has 0 spiro atoms. The summed E-state index contributed by atoms with van der Waals surface area (Å²) >= 11 is 5.82. The summed E-state index contributed by atoms with van der Waals surface area (Å²) in [5.74, 6) is 0.731. The van der Waals surface area contributed by atoms with E-state index in [1.54, 1.807) is 36.2 Å². The van der Waals surface area contributed by atoms with Crippen molar-refractivity contribution in [3.8, 4) is 0 Å². The second-order valence-corrected chi connectivity index (χ2v) is 4.69. The van der Waals surface area contributed by atoms with Crippen LogP contribution in [-0.4, -0.2) is 17.9 Å². The molecule has 4 nitrogen and oxygen atoms in total. The molecular weight excluding hydrogens is 264 g/mol. The van der Waals surface area contributed by atoms with Gasteiger partial charge in [0.1, 0.15) is 5.76 Å². The molecule has 0 aliphatic rings. The molecule has 2 N–H and O–H groups in total. The molecule has 0 aliphatic carbocycles. The molecule has 5 heteroatoms. The second-order valence-electron chi connectivity index (χ2n) is 4.26. The zero-order valence-electron chi connectivity index (χ0n) is 10.6. The molecule has 0 saturated heterocycles. The van der Waals surface area contributed by atoms with Crippen molar-refractivity contribution >= 4 is 17.5 Å². The fraction of sp³-hybridized carbons (Fsp3) is 0.214. The van der Waals surface area contributed by atoms with Gasteiger partial charge in [0.2, 0.25) is 0 Å². The molecule has 1 heterocycles. The van der Waals surface area contributed by atoms with E-state index in [2.05, 4.69) is 0 Å². The standard InChI is InChI=1S/C14H15ClN2O2/c1-17(9-10-2-4-11(15)5-3-10)14(18)13-7-6-12(8-16)19-13/h2-7H,8-9,16H2,1H3. The number of nitrogens with two attached hydrogens (primary N) is 1. The van der Waals surface area contributed by atoms with E-state index in [9.17, 15) is 4.79 Å². The zero-order chi connectivity index (χ0) is 13.8. The van der Waals surface area contributed by atoms with Crippen LogP contribution in [0.15, 0.2) is 40.8 Å². The summed E-state index contributed by atoms with van der Waals surface area (Å²) in [6.45, 7) is 0.781. The minimum Gasteiger partial charge on any atom is -0.455 e. The predicted octanol–water partition coefficient (Wildman–Crippen LogP) is 2.66. The number of carbonyl (C=O) groups excluding carboxylic acids is 1. The molecule has 1 aromatic carbocycles. The number of furan rings is 1. The van der Waals surface area contributed by atoms with E-state index in [4.69, 9.17) is 21.8 Å². The van der Waals surface area contributed by atoms with Gasteiger partial charge in [-0.1, -0.05) is 23.7 Å². The third-order valence-electron chi connectivity index (χ3n) is 2.75. The minimum atomic E-state index is -0.172. The Kier molecular flexibility index (Phi) is 4.24. The van der Waals surface area contributed by atoms with E-state index in [0.29, 0.717) is 23.1 Å². The Labute approximate surface area is 116 Å². The van der Waals surface area contributed by atoms with E-state index in [0.717, 1.165) is 5.56 Å². The highest BCUT2D eigenvalue weighted by Crippen LogP contribution is 2.14. The van der Waals surface area contributed by atoms with Crippen molar-refractivity contribution in [3.05, 3.63) is 58.5 Å². The number of hydrogen-bond acceptors (Lipinski definition) is 3. The van der Waals surface area contributed by atoms with Crippen molar-refractivity contribution in [2.24, 2.45) is 5.73 Å². The van der Waals surface area contributed by atoms with Crippen LogP contribution in [0.1, 0.15) is 21.9 Å². The third-order valence-corrected chi connectivity index (χ3v) is 3.01. The Morgan fingerprint density at radius 2 is 1.95 bits per heavy atom. The Morgan fingerprint density at radius 3 is 2.53 bits per heavy atom. The summed E-state index contributed by atoms with van der Waals surface area (Å²) in [6, 6.07) is 10.7. The van der Waals surface area contributed by atoms with Gasteiger partial charge in [0.05, 0.1) is 6.54 Å². The molecule has 0 fully saturated rings. The maximum atomic E-state index is 12.1. The highest BCUT2D eigenvalue weighted by atomic mass is 35.5. The van der Waals surface area contributed by atoms with E-state index in [-0.39, 0.29) is 12.5 Å². The van der Waals surface area contributed by atoms with E-state index >= 15 is 0 Å². The van der Waals surface area contributed by atoms with Crippen molar-refractivity contribution in [3.63, 3.8) is 0 Å². The Balaban J connectivity index is 2.04. The first-order valence-corrected chi connectivity index (χ1v) is 6.26. The second kappa shape index (κ2) is 5.91. The molecular formula is C14H15ClN2O2. The summed E-state index contributed by atoms with van der Waals surface area (Å²) in [5, 5.41) is 0.677. The summed E-state index contributed by atoms with van der Waals surface area (Å²) in [7, 11) is 1.72. The maximum Gasteiger partial charge on any atom is 0.289 e. The monoisotopic (exact) mass is 278 g/mol. The molecule has 0 radical (unpaired) electrons. The molecule has 19 heavy (non-hydrogen) atoms. The molecule has 2 aromatic rings. The van der Waals surface area contributed by atoms with Gasteiger partial charge < -0.3 is 15.1 Å². The van der Waals surface area contributed by atoms with Gasteiger partial charge in [-0.05, 0) is 29.8 Å². The zero-order valence-corrected chi connectivity index (χ0v) is 11.4. The molecule has 0 saturated carbocycles. The summed E-state index contributed by atoms with van der Waals surface area (Å²) in [4.78, 5) is 13.7. The lowest BCUT2D eigenvalue weighted by atomic mass is 10.2. The molecule has 0 unspecified atom stereocenters. The van der Waals surface area contributed by atoms with Gasteiger partial charge in [-0.15, -0.1) is 0 Å². The summed E-state index contributed by atoms with van der Waals surface area (Å²) in [5.41, 5.74) is 6.45. The van der Waals surface area contributed by atoms with Gasteiger partial charge in [-0.25, -0.2) is 0 Å². The molecule has 0 aliphatic heterocycles. The van der Waals surface area contributed by atoms with Crippen molar-refractivity contribution in [1.82, 2.24) is 4.90 Å². The highest BCUT2D eigenvalue weighted by Gasteiger charge is 2.15. The molecule has 100 valence electrons. The quantitative estimate of drug-likeness (QED) is 0.935. The van der Waals surface area contributed by atoms with E-state index in [1.807, 2.05) is 12.1 Å². The lowest BCUT2D eigenvalue weighted by Crippen LogP contribution is -2.25. The average Bonchev–Trinajstić information content (AvgIpc) is 2.89. The normalized spacial score (nSPS) is 10.5. The van der Waals surface area contributed by atoms with E-state index in [1.165, 1.54) is 0 Å². The Morgan fingerprint density at radius 1 is 1.26 bits per heavy atom. The maximum absolute atomic E-state index is 12.1. The van der Waals surface area contributed by atoms with Crippen LogP contribution in [0.25, 0.3) is 0 Å². The van der Waals surface area contributed by atoms with Gasteiger partial charge in [0.25, 0.3) is 5.91 Å². The molecule has 2 rings (SSSR count). The van der Waals surface area contributed by atoms with Crippen LogP contribution < -0.4 is 5.73 Å². The number of benzene rings is 1. The number of rotatable bonds is 4. The van der Waals surface area contributed by atoms with Crippen LogP contribution in [0.4, 0.5) is 0 Å². The topological polar surface area (TPSA) is 59.5 Å². The Bertz CT molecular complexity index is 563. The fourth-order valence-corrected chi connectivity index (χ4v) is 1.85. The lowest BCUT2D eigenvalue weighted by molar-refractivity contribution is 0.0751. The van der Waals surface area contributed by atoms with Crippen LogP contribution in [-0.2, 0) is 13.1 Å². The highest BCUT2D eigenvalue weighted by molar-refractivity contribution is 6.30.